The Kier molecular flexibility index (Phi) is 5.13. The fraction of sp³-hybridized carbons (Fsp3) is 0.364. The number of amides is 1. The Morgan fingerprint density at radius 1 is 1.52 bits per heavy atom. The summed E-state index contributed by atoms with van der Waals surface area (Å²) in [5, 5.41) is 10.5. The quantitative estimate of drug-likeness (QED) is 0.478. The Morgan fingerprint density at radius 2 is 2.10 bits per heavy atom. The first-order chi connectivity index (χ1) is 9.60. The average molecular weight is 336 g/mol. The first-order valence-corrected chi connectivity index (χ1v) is 7.76. The Hall–Kier alpha value is -1.87. The Balaban J connectivity index is 3.29. The molecule has 21 heavy (non-hydrogen) atoms. The van der Waals surface area contributed by atoms with Crippen LogP contribution in [0.4, 0.5) is 11.4 Å². The number of nitro benzene ring substituents is 1. The number of nitro groups is 1. The summed E-state index contributed by atoms with van der Waals surface area (Å²) in [7, 11) is -4.31. The molecular formula is C11H14ClN3O5S. The van der Waals surface area contributed by atoms with Crippen LogP contribution in [0.15, 0.2) is 17.0 Å². The maximum Gasteiger partial charge on any atom is 0.293 e. The number of carbonyl (C=O) groups is 1. The predicted molar refractivity (Wildman–Crippen MR) is 77.3 cm³/mol. The fourth-order valence-electron chi connectivity index (χ4n) is 1.40. The molecule has 1 amide bonds. The lowest BCUT2D eigenvalue weighted by Crippen LogP contribution is -2.34. The molecule has 0 saturated carbocycles. The van der Waals surface area contributed by atoms with Gasteiger partial charge in [-0.1, -0.05) is 25.4 Å². The zero-order valence-corrected chi connectivity index (χ0v) is 12.9. The highest BCUT2D eigenvalue weighted by Crippen LogP contribution is 2.31. The van der Waals surface area contributed by atoms with Crippen LogP contribution in [0.25, 0.3) is 0 Å². The van der Waals surface area contributed by atoms with E-state index >= 15 is 0 Å². The summed E-state index contributed by atoms with van der Waals surface area (Å²) < 4.78 is 26.0. The second-order valence-electron chi connectivity index (χ2n) is 4.38. The van der Waals surface area contributed by atoms with E-state index in [1.54, 1.807) is 13.8 Å². The molecule has 0 saturated heterocycles. The predicted octanol–water partition coefficient (Wildman–Crippen LogP) is 1.68. The number of halogens is 1. The second kappa shape index (κ2) is 6.27. The lowest BCUT2D eigenvalue weighted by atomic mass is 10.1. The molecule has 10 heteroatoms. The molecule has 0 aromatic heterocycles. The van der Waals surface area contributed by atoms with Crippen LogP contribution in [0.1, 0.15) is 20.3 Å². The summed E-state index contributed by atoms with van der Waals surface area (Å²) in [5.74, 6) is -1.24. The van der Waals surface area contributed by atoms with Crippen molar-refractivity contribution in [3.05, 3.63) is 27.3 Å². The summed E-state index contributed by atoms with van der Waals surface area (Å²) >= 11 is 5.75. The molecule has 3 N–H and O–H groups in total. The highest BCUT2D eigenvalue weighted by Gasteiger charge is 2.27. The SMILES string of the molecule is CC[C@@H](C)C(=O)NS(=O)(=O)c1cc([N+](=O)[O-])c(N)cc1Cl. The zero-order valence-electron chi connectivity index (χ0n) is 11.3. The van der Waals surface area contributed by atoms with Gasteiger partial charge in [-0.05, 0) is 12.5 Å². The molecule has 116 valence electrons. The maximum absolute atomic E-state index is 12.1. The van der Waals surface area contributed by atoms with E-state index in [9.17, 15) is 23.3 Å². The number of carbonyl (C=O) groups excluding carboxylic acids is 1. The van der Waals surface area contributed by atoms with Crippen LogP contribution in [0.5, 0.6) is 0 Å². The van der Waals surface area contributed by atoms with E-state index in [1.807, 2.05) is 4.72 Å². The largest absolute Gasteiger partial charge is 0.393 e. The second-order valence-corrected chi connectivity index (χ2v) is 6.44. The monoisotopic (exact) mass is 335 g/mol. The molecule has 0 aliphatic rings. The number of benzene rings is 1. The van der Waals surface area contributed by atoms with E-state index in [-0.39, 0.29) is 10.7 Å². The maximum atomic E-state index is 12.1. The van der Waals surface area contributed by atoms with Crippen LogP contribution in [0, 0.1) is 16.0 Å². The summed E-state index contributed by atoms with van der Waals surface area (Å²) in [6.45, 7) is 3.27. The van der Waals surface area contributed by atoms with Crippen molar-refractivity contribution >= 4 is 38.9 Å². The third-order valence-corrected chi connectivity index (χ3v) is 4.67. The lowest BCUT2D eigenvalue weighted by Gasteiger charge is -2.12. The van der Waals surface area contributed by atoms with Crippen molar-refractivity contribution in [2.75, 3.05) is 5.73 Å². The van der Waals surface area contributed by atoms with Gasteiger partial charge < -0.3 is 5.73 Å². The molecular weight excluding hydrogens is 322 g/mol. The van der Waals surface area contributed by atoms with Crippen molar-refractivity contribution in [3.63, 3.8) is 0 Å². The van der Waals surface area contributed by atoms with Gasteiger partial charge in [0.2, 0.25) is 5.91 Å². The summed E-state index contributed by atoms with van der Waals surface area (Å²) in [5.41, 5.74) is 4.53. The number of rotatable bonds is 5. The first kappa shape index (κ1) is 17.2. The number of hydrogen-bond acceptors (Lipinski definition) is 6. The van der Waals surface area contributed by atoms with Crippen LogP contribution in [-0.2, 0) is 14.8 Å². The Morgan fingerprint density at radius 3 is 2.57 bits per heavy atom. The van der Waals surface area contributed by atoms with Gasteiger partial charge in [0, 0.05) is 12.0 Å². The van der Waals surface area contributed by atoms with E-state index in [2.05, 4.69) is 0 Å². The minimum absolute atomic E-state index is 0.266. The van der Waals surface area contributed by atoms with Crippen molar-refractivity contribution in [2.45, 2.75) is 25.2 Å². The molecule has 1 aromatic carbocycles. The van der Waals surface area contributed by atoms with Crippen LogP contribution in [0.3, 0.4) is 0 Å². The van der Waals surface area contributed by atoms with Gasteiger partial charge in [-0.2, -0.15) is 0 Å². The van der Waals surface area contributed by atoms with E-state index in [0.717, 1.165) is 12.1 Å². The minimum atomic E-state index is -4.31. The van der Waals surface area contributed by atoms with Crippen molar-refractivity contribution in [1.29, 1.82) is 0 Å². The van der Waals surface area contributed by atoms with Crippen LogP contribution >= 0.6 is 11.6 Å². The molecule has 0 heterocycles. The van der Waals surface area contributed by atoms with Gasteiger partial charge >= 0.3 is 0 Å². The molecule has 1 atom stereocenters. The number of anilines is 1. The van der Waals surface area contributed by atoms with Gasteiger partial charge in [0.1, 0.15) is 10.6 Å². The molecule has 0 radical (unpaired) electrons. The van der Waals surface area contributed by atoms with E-state index in [0.29, 0.717) is 6.42 Å². The molecule has 0 unspecified atom stereocenters. The van der Waals surface area contributed by atoms with Crippen molar-refractivity contribution in [1.82, 2.24) is 4.72 Å². The van der Waals surface area contributed by atoms with E-state index < -0.39 is 37.4 Å². The van der Waals surface area contributed by atoms with Crippen LogP contribution in [0.2, 0.25) is 5.02 Å². The van der Waals surface area contributed by atoms with Gasteiger partial charge in [0.05, 0.1) is 9.95 Å². The highest BCUT2D eigenvalue weighted by molar-refractivity contribution is 7.90. The van der Waals surface area contributed by atoms with Gasteiger partial charge in [0.25, 0.3) is 15.7 Å². The van der Waals surface area contributed by atoms with Crippen molar-refractivity contribution in [2.24, 2.45) is 5.92 Å². The average Bonchev–Trinajstić information content (AvgIpc) is 2.36. The molecule has 0 aliphatic heterocycles. The lowest BCUT2D eigenvalue weighted by molar-refractivity contribution is -0.384. The van der Waals surface area contributed by atoms with Crippen LogP contribution in [-0.4, -0.2) is 19.2 Å². The fourth-order valence-corrected chi connectivity index (χ4v) is 3.03. The number of sulfonamides is 1. The highest BCUT2D eigenvalue weighted by atomic mass is 35.5. The van der Waals surface area contributed by atoms with Gasteiger partial charge in [0.15, 0.2) is 0 Å². The van der Waals surface area contributed by atoms with Gasteiger partial charge in [-0.3, -0.25) is 14.9 Å². The molecule has 1 aromatic rings. The zero-order chi connectivity index (χ0) is 16.4. The minimum Gasteiger partial charge on any atom is -0.393 e. The first-order valence-electron chi connectivity index (χ1n) is 5.90. The number of nitrogens with two attached hydrogens (primary N) is 1. The van der Waals surface area contributed by atoms with Crippen molar-refractivity contribution < 1.29 is 18.1 Å². The Labute approximate surface area is 126 Å². The third kappa shape index (κ3) is 3.82. The third-order valence-electron chi connectivity index (χ3n) is 2.86. The van der Waals surface area contributed by atoms with E-state index in [4.69, 9.17) is 17.3 Å². The smallest absolute Gasteiger partial charge is 0.293 e. The molecule has 0 bridgehead atoms. The van der Waals surface area contributed by atoms with E-state index in [1.165, 1.54) is 0 Å². The molecule has 0 fully saturated rings. The van der Waals surface area contributed by atoms with Crippen LogP contribution < -0.4 is 10.5 Å². The summed E-state index contributed by atoms with van der Waals surface area (Å²) in [4.78, 5) is 21.1. The topological polar surface area (TPSA) is 132 Å². The number of nitrogen functional groups attached to an aromatic ring is 1. The Bertz CT molecular complexity index is 689. The van der Waals surface area contributed by atoms with Gasteiger partial charge in [-0.25, -0.2) is 13.1 Å². The molecule has 8 nitrogen and oxygen atoms in total. The number of nitrogens with zero attached hydrogens (tertiary/aromatic N) is 1. The number of nitrogens with one attached hydrogen (secondary N) is 1. The normalized spacial score (nSPS) is 12.7. The standard InChI is InChI=1S/C11H14ClN3O5S/c1-3-6(2)11(16)14-21(19,20)10-5-9(15(17)18)8(13)4-7(10)12/h4-6H,3,13H2,1-2H3,(H,14,16)/t6-/m1/s1. The van der Waals surface area contributed by atoms with Crippen molar-refractivity contribution in [3.8, 4) is 0 Å². The van der Waals surface area contributed by atoms with Gasteiger partial charge in [-0.15, -0.1) is 0 Å². The number of hydrogen-bond donors (Lipinski definition) is 2. The summed E-state index contributed by atoms with van der Waals surface area (Å²) in [6.07, 6.45) is 0.441. The summed E-state index contributed by atoms with van der Waals surface area (Å²) in [6, 6.07) is 1.69. The molecule has 0 spiro atoms. The molecule has 0 aliphatic carbocycles. The molecule has 1 rings (SSSR count).